The second kappa shape index (κ2) is 6.53. The lowest BCUT2D eigenvalue weighted by Crippen LogP contribution is -2.43. The Morgan fingerprint density at radius 2 is 1.71 bits per heavy atom. The minimum absolute atomic E-state index is 0.152. The molecule has 0 atom stereocenters. The van der Waals surface area contributed by atoms with Gasteiger partial charge in [-0.3, -0.25) is 0 Å². The van der Waals surface area contributed by atoms with E-state index in [4.69, 9.17) is 10.7 Å². The summed E-state index contributed by atoms with van der Waals surface area (Å²) in [6, 6.07) is 18.9. The Hall–Kier alpha value is -3.05. The van der Waals surface area contributed by atoms with Gasteiger partial charge in [-0.05, 0) is 30.4 Å². The number of aromatic nitrogens is 4. The highest BCUT2D eigenvalue weighted by atomic mass is 15.3. The van der Waals surface area contributed by atoms with Crippen LogP contribution in [0.5, 0.6) is 0 Å². The molecule has 2 heterocycles. The highest BCUT2D eigenvalue weighted by Gasteiger charge is 2.34. The number of rotatable bonds is 4. The van der Waals surface area contributed by atoms with E-state index in [1.807, 2.05) is 24.4 Å². The number of nitrogens with two attached hydrogens (primary N) is 1. The molecule has 0 saturated heterocycles. The molecule has 2 aromatic carbocycles. The summed E-state index contributed by atoms with van der Waals surface area (Å²) in [5.41, 5.74) is 11.7. The molecule has 2 N–H and O–H groups in total. The highest BCUT2D eigenvalue weighted by molar-refractivity contribution is 5.81. The van der Waals surface area contributed by atoms with Gasteiger partial charge in [0.25, 0.3) is 5.78 Å². The van der Waals surface area contributed by atoms with Gasteiger partial charge < -0.3 is 5.73 Å². The summed E-state index contributed by atoms with van der Waals surface area (Å²) < 4.78 is 1.78. The number of hydrogen-bond acceptors (Lipinski definition) is 4. The van der Waals surface area contributed by atoms with E-state index in [1.54, 1.807) is 4.52 Å². The van der Waals surface area contributed by atoms with Crippen LogP contribution in [-0.4, -0.2) is 19.6 Å². The SMILES string of the molecule is CCc1nc2nc(-c3ccc(C4(N)CCC4)cc3)c(-c3ccccc3)cn2n1. The van der Waals surface area contributed by atoms with Gasteiger partial charge in [0.1, 0.15) is 0 Å². The molecule has 5 rings (SSSR count). The largest absolute Gasteiger partial charge is 0.321 e. The smallest absolute Gasteiger partial charge is 0.253 e. The maximum Gasteiger partial charge on any atom is 0.253 e. The van der Waals surface area contributed by atoms with Gasteiger partial charge in [0, 0.05) is 29.3 Å². The van der Waals surface area contributed by atoms with Crippen molar-refractivity contribution in [2.24, 2.45) is 5.73 Å². The van der Waals surface area contributed by atoms with Crippen LogP contribution in [0.25, 0.3) is 28.2 Å². The number of aryl methyl sites for hydroxylation is 1. The van der Waals surface area contributed by atoms with Crippen molar-refractivity contribution in [3.8, 4) is 22.4 Å². The van der Waals surface area contributed by atoms with Crippen molar-refractivity contribution in [1.29, 1.82) is 0 Å². The van der Waals surface area contributed by atoms with E-state index in [1.165, 1.54) is 12.0 Å². The predicted octanol–water partition coefficient (Wildman–Crippen LogP) is 4.36. The van der Waals surface area contributed by atoms with Crippen molar-refractivity contribution in [1.82, 2.24) is 19.6 Å². The molecule has 140 valence electrons. The lowest BCUT2D eigenvalue weighted by atomic mass is 9.72. The molecular formula is C23H23N5. The van der Waals surface area contributed by atoms with Gasteiger partial charge in [-0.15, -0.1) is 5.10 Å². The molecule has 1 aliphatic carbocycles. The summed E-state index contributed by atoms with van der Waals surface area (Å²) in [4.78, 5) is 9.43. The van der Waals surface area contributed by atoms with Crippen LogP contribution in [-0.2, 0) is 12.0 Å². The lowest BCUT2D eigenvalue weighted by Gasteiger charge is -2.38. The van der Waals surface area contributed by atoms with E-state index < -0.39 is 0 Å². The molecule has 0 amide bonds. The van der Waals surface area contributed by atoms with Crippen LogP contribution in [0.4, 0.5) is 0 Å². The summed E-state index contributed by atoms with van der Waals surface area (Å²) in [6.07, 6.45) is 6.15. The van der Waals surface area contributed by atoms with Crippen molar-refractivity contribution >= 4 is 5.78 Å². The van der Waals surface area contributed by atoms with E-state index in [9.17, 15) is 0 Å². The van der Waals surface area contributed by atoms with Crippen molar-refractivity contribution < 1.29 is 0 Å². The van der Waals surface area contributed by atoms with Gasteiger partial charge in [0.05, 0.1) is 5.69 Å². The van der Waals surface area contributed by atoms with Gasteiger partial charge >= 0.3 is 0 Å². The first kappa shape index (κ1) is 17.1. The molecule has 5 heteroatoms. The Morgan fingerprint density at radius 1 is 0.964 bits per heavy atom. The zero-order chi connectivity index (χ0) is 19.1. The normalized spacial score (nSPS) is 15.5. The van der Waals surface area contributed by atoms with Gasteiger partial charge in [0.2, 0.25) is 0 Å². The Bertz CT molecular complexity index is 1130. The average Bonchev–Trinajstić information content (AvgIpc) is 3.14. The first-order valence-electron chi connectivity index (χ1n) is 9.88. The first-order valence-corrected chi connectivity index (χ1v) is 9.88. The molecule has 4 aromatic rings. The maximum absolute atomic E-state index is 6.49. The second-order valence-corrected chi connectivity index (χ2v) is 7.58. The zero-order valence-electron chi connectivity index (χ0n) is 16.0. The van der Waals surface area contributed by atoms with E-state index in [2.05, 4.69) is 53.4 Å². The van der Waals surface area contributed by atoms with Crippen LogP contribution in [0.3, 0.4) is 0 Å². The summed E-state index contributed by atoms with van der Waals surface area (Å²) in [6.45, 7) is 2.05. The van der Waals surface area contributed by atoms with Crippen LogP contribution >= 0.6 is 0 Å². The van der Waals surface area contributed by atoms with Crippen LogP contribution in [0, 0.1) is 0 Å². The van der Waals surface area contributed by atoms with Gasteiger partial charge in [-0.25, -0.2) is 9.50 Å². The Balaban J connectivity index is 1.66. The van der Waals surface area contributed by atoms with E-state index in [0.29, 0.717) is 5.78 Å². The summed E-state index contributed by atoms with van der Waals surface area (Å²) in [5.74, 6) is 1.43. The van der Waals surface area contributed by atoms with Crippen LogP contribution in [0.15, 0.2) is 60.8 Å². The number of benzene rings is 2. The number of nitrogens with zero attached hydrogens (tertiary/aromatic N) is 4. The summed E-state index contributed by atoms with van der Waals surface area (Å²) in [5, 5.41) is 4.54. The third-order valence-corrected chi connectivity index (χ3v) is 5.76. The zero-order valence-corrected chi connectivity index (χ0v) is 16.0. The Morgan fingerprint density at radius 3 is 2.36 bits per heavy atom. The van der Waals surface area contributed by atoms with Crippen LogP contribution in [0.1, 0.15) is 37.6 Å². The fourth-order valence-corrected chi connectivity index (χ4v) is 3.87. The molecule has 5 nitrogen and oxygen atoms in total. The van der Waals surface area contributed by atoms with Crippen molar-refractivity contribution in [3.63, 3.8) is 0 Å². The molecular weight excluding hydrogens is 346 g/mol. The standard InChI is InChI=1S/C23H23N5/c1-2-20-25-22-26-21(17-9-11-18(12-10-17)23(24)13-6-14-23)19(15-28(22)27-20)16-7-4-3-5-8-16/h3-5,7-12,15H,2,6,13-14,24H2,1H3. The van der Waals surface area contributed by atoms with Crippen molar-refractivity contribution in [2.75, 3.05) is 0 Å². The minimum Gasteiger partial charge on any atom is -0.321 e. The fraction of sp³-hybridized carbons (Fsp3) is 0.261. The fourth-order valence-electron chi connectivity index (χ4n) is 3.87. The third-order valence-electron chi connectivity index (χ3n) is 5.76. The molecule has 0 radical (unpaired) electrons. The minimum atomic E-state index is -0.152. The second-order valence-electron chi connectivity index (χ2n) is 7.58. The summed E-state index contributed by atoms with van der Waals surface area (Å²) in [7, 11) is 0. The van der Waals surface area contributed by atoms with Gasteiger partial charge in [-0.2, -0.15) is 4.98 Å². The quantitative estimate of drug-likeness (QED) is 0.580. The molecule has 1 aliphatic rings. The molecule has 28 heavy (non-hydrogen) atoms. The third kappa shape index (κ3) is 2.79. The highest BCUT2D eigenvalue weighted by Crippen LogP contribution is 2.39. The van der Waals surface area contributed by atoms with Crippen molar-refractivity contribution in [3.05, 3.63) is 72.2 Å². The van der Waals surface area contributed by atoms with E-state index in [-0.39, 0.29) is 5.54 Å². The lowest BCUT2D eigenvalue weighted by molar-refractivity contribution is 0.253. The number of hydrogen-bond donors (Lipinski definition) is 1. The molecule has 1 saturated carbocycles. The van der Waals surface area contributed by atoms with Crippen molar-refractivity contribution in [2.45, 2.75) is 38.1 Å². The molecule has 0 bridgehead atoms. The number of fused-ring (bicyclic) bond motifs is 1. The Kier molecular flexibility index (Phi) is 3.98. The summed E-state index contributed by atoms with van der Waals surface area (Å²) >= 11 is 0. The van der Waals surface area contributed by atoms with E-state index >= 15 is 0 Å². The average molecular weight is 369 g/mol. The van der Waals surface area contributed by atoms with Gasteiger partial charge in [-0.1, -0.05) is 61.5 Å². The maximum atomic E-state index is 6.49. The van der Waals surface area contributed by atoms with E-state index in [0.717, 1.165) is 47.5 Å². The molecule has 0 aliphatic heterocycles. The Labute approximate surface area is 164 Å². The molecule has 2 aromatic heterocycles. The monoisotopic (exact) mass is 369 g/mol. The molecule has 1 fully saturated rings. The predicted molar refractivity (Wildman–Crippen MR) is 111 cm³/mol. The molecule has 0 spiro atoms. The van der Waals surface area contributed by atoms with Crippen LogP contribution in [0.2, 0.25) is 0 Å². The molecule has 0 unspecified atom stereocenters. The van der Waals surface area contributed by atoms with Crippen LogP contribution < -0.4 is 5.73 Å². The topological polar surface area (TPSA) is 69.1 Å². The van der Waals surface area contributed by atoms with Gasteiger partial charge in [0.15, 0.2) is 5.82 Å². The first-order chi connectivity index (χ1) is 13.7.